The number of hydrogen-bond acceptors (Lipinski definition) is 4. The summed E-state index contributed by atoms with van der Waals surface area (Å²) in [7, 11) is 0. The molecule has 1 unspecified atom stereocenters. The molecule has 0 amide bonds. The highest BCUT2D eigenvalue weighted by molar-refractivity contribution is 5.71. The minimum absolute atomic E-state index is 0.00999. The van der Waals surface area contributed by atoms with Crippen molar-refractivity contribution in [1.29, 1.82) is 0 Å². The van der Waals surface area contributed by atoms with Crippen LogP contribution in [0, 0.1) is 63.1 Å². The molecular formula is C30H48O5. The minimum atomic E-state index is -0.895. The average molecular weight is 489 g/mol. The van der Waals surface area contributed by atoms with Crippen molar-refractivity contribution in [3.8, 4) is 0 Å². The first-order valence-corrected chi connectivity index (χ1v) is 14.2. The van der Waals surface area contributed by atoms with Gasteiger partial charge in [0, 0.05) is 5.41 Å². The predicted octanol–water partition coefficient (Wildman–Crippen LogP) is 4.89. The van der Waals surface area contributed by atoms with E-state index in [2.05, 4.69) is 40.7 Å². The highest BCUT2D eigenvalue weighted by Gasteiger charge is 2.69. The highest BCUT2D eigenvalue weighted by Crippen LogP contribution is 2.74. The van der Waals surface area contributed by atoms with Crippen molar-refractivity contribution in [3.05, 3.63) is 11.6 Å². The monoisotopic (exact) mass is 488 g/mol. The molecule has 5 aliphatic rings. The second-order valence-electron chi connectivity index (χ2n) is 14.4. The van der Waals surface area contributed by atoms with E-state index < -0.39 is 23.6 Å². The van der Waals surface area contributed by atoms with Crippen molar-refractivity contribution >= 4 is 5.97 Å². The van der Waals surface area contributed by atoms with Gasteiger partial charge >= 0.3 is 5.97 Å². The molecule has 35 heavy (non-hydrogen) atoms. The zero-order chi connectivity index (χ0) is 25.7. The van der Waals surface area contributed by atoms with E-state index in [0.29, 0.717) is 30.1 Å². The molecule has 5 nitrogen and oxygen atoms in total. The summed E-state index contributed by atoms with van der Waals surface area (Å²) in [6, 6.07) is 0. The van der Waals surface area contributed by atoms with Crippen LogP contribution in [0.3, 0.4) is 0 Å². The molecule has 4 N–H and O–H groups in total. The number of rotatable bonds is 2. The van der Waals surface area contributed by atoms with Crippen LogP contribution >= 0.6 is 0 Å². The van der Waals surface area contributed by atoms with Crippen LogP contribution in [0.25, 0.3) is 0 Å². The summed E-state index contributed by atoms with van der Waals surface area (Å²) >= 11 is 0. The number of carbonyl (C=O) groups is 1. The molecule has 198 valence electrons. The molecule has 0 bridgehead atoms. The summed E-state index contributed by atoms with van der Waals surface area (Å²) in [6.07, 6.45) is 7.10. The van der Waals surface area contributed by atoms with Crippen molar-refractivity contribution < 1.29 is 25.2 Å². The lowest BCUT2D eigenvalue weighted by atomic mass is 9.34. The zero-order valence-corrected chi connectivity index (χ0v) is 22.6. The maximum absolute atomic E-state index is 12.3. The minimum Gasteiger partial charge on any atom is -0.481 e. The van der Waals surface area contributed by atoms with Crippen LogP contribution in [0.4, 0.5) is 0 Å². The van der Waals surface area contributed by atoms with Crippen LogP contribution in [0.5, 0.6) is 0 Å². The third-order valence-corrected chi connectivity index (χ3v) is 13.3. The summed E-state index contributed by atoms with van der Waals surface area (Å²) in [5.74, 6) is 1.12. The van der Waals surface area contributed by atoms with Crippen LogP contribution in [-0.4, -0.2) is 45.2 Å². The van der Waals surface area contributed by atoms with Gasteiger partial charge in [0.25, 0.3) is 0 Å². The van der Waals surface area contributed by atoms with Gasteiger partial charge in [-0.3, -0.25) is 4.79 Å². The number of aliphatic hydroxyl groups is 3. The van der Waals surface area contributed by atoms with Crippen LogP contribution < -0.4 is 0 Å². The van der Waals surface area contributed by atoms with Gasteiger partial charge in [-0.15, -0.1) is 0 Å². The smallest absolute Gasteiger partial charge is 0.306 e. The van der Waals surface area contributed by atoms with Gasteiger partial charge in [-0.2, -0.15) is 0 Å². The van der Waals surface area contributed by atoms with Crippen LogP contribution in [0.2, 0.25) is 0 Å². The molecule has 5 rings (SSSR count). The SMILES string of the molecule is C[C@H]1[C@H](C)C[C@@H](C(=O)O)C2CC[C@]3(C)C(=CC[C@@H]4[C@@]5(C)C[C@@H](O)[C@H](O)[C@@](C)(CO)[C@@H]5CC[C@]43C)[C@@H]21. The van der Waals surface area contributed by atoms with E-state index in [1.165, 1.54) is 5.57 Å². The fraction of sp³-hybridized carbons (Fsp3) is 0.900. The molecule has 4 fully saturated rings. The predicted molar refractivity (Wildman–Crippen MR) is 135 cm³/mol. The van der Waals surface area contributed by atoms with Gasteiger partial charge in [0.05, 0.1) is 24.7 Å². The van der Waals surface area contributed by atoms with Crippen molar-refractivity contribution in [1.82, 2.24) is 0 Å². The van der Waals surface area contributed by atoms with E-state index >= 15 is 0 Å². The van der Waals surface area contributed by atoms with E-state index in [9.17, 15) is 25.2 Å². The molecule has 0 aromatic rings. The van der Waals surface area contributed by atoms with Gasteiger partial charge < -0.3 is 20.4 Å². The number of carboxylic acid groups (broad SMARTS) is 1. The maximum Gasteiger partial charge on any atom is 0.306 e. The lowest BCUT2D eigenvalue weighted by molar-refractivity contribution is -0.242. The Hall–Kier alpha value is -0.910. The summed E-state index contributed by atoms with van der Waals surface area (Å²) in [4.78, 5) is 12.3. The zero-order valence-electron chi connectivity index (χ0n) is 22.6. The van der Waals surface area contributed by atoms with Gasteiger partial charge in [0.15, 0.2) is 0 Å². The number of carboxylic acids is 1. The van der Waals surface area contributed by atoms with Crippen LogP contribution in [0.1, 0.15) is 86.5 Å². The second-order valence-corrected chi connectivity index (χ2v) is 14.4. The van der Waals surface area contributed by atoms with Crippen molar-refractivity contribution in [2.75, 3.05) is 6.61 Å². The Morgan fingerprint density at radius 1 is 1.06 bits per heavy atom. The molecular weight excluding hydrogens is 440 g/mol. The first kappa shape index (κ1) is 25.7. The molecule has 0 aromatic carbocycles. The van der Waals surface area contributed by atoms with Crippen molar-refractivity contribution in [2.24, 2.45) is 63.1 Å². The third-order valence-electron chi connectivity index (χ3n) is 13.3. The van der Waals surface area contributed by atoms with E-state index in [1.807, 2.05) is 6.92 Å². The summed E-state index contributed by atoms with van der Waals surface area (Å²) in [6.45, 7) is 13.7. The Labute approximate surface area is 211 Å². The molecule has 0 aromatic heterocycles. The number of fused-ring (bicyclic) bond motifs is 7. The molecule has 0 heterocycles. The van der Waals surface area contributed by atoms with Gasteiger partial charge in [-0.05, 0) is 96.7 Å². The van der Waals surface area contributed by atoms with Crippen molar-refractivity contribution in [3.63, 3.8) is 0 Å². The van der Waals surface area contributed by atoms with Crippen LogP contribution in [-0.2, 0) is 4.79 Å². The number of hydrogen-bond donors (Lipinski definition) is 4. The van der Waals surface area contributed by atoms with Gasteiger partial charge in [-0.25, -0.2) is 0 Å². The Morgan fingerprint density at radius 2 is 1.74 bits per heavy atom. The lowest BCUT2D eigenvalue weighted by Crippen LogP contribution is -2.67. The lowest BCUT2D eigenvalue weighted by Gasteiger charge is -2.71. The summed E-state index contributed by atoms with van der Waals surface area (Å²) in [5, 5.41) is 42.4. The standard InChI is InChI=1S/C30H48O5/c1-16-13-19(26(34)35)18-9-11-29(5)20(24(18)17(16)2)7-8-23-27(3)14-21(32)25(33)28(4,15-31)22(27)10-12-30(23,29)6/h7,16-19,21-25,31-33H,8-15H2,1-6H3,(H,34,35)/t16-,17+,18?,19-,21-,22-,23-,24-,25+,27+,28+,29-,30-/m1/s1. The van der Waals surface area contributed by atoms with Crippen molar-refractivity contribution in [2.45, 2.75) is 98.7 Å². The van der Waals surface area contributed by atoms with Gasteiger partial charge in [0.2, 0.25) is 0 Å². The normalized spacial score (nSPS) is 57.7. The van der Waals surface area contributed by atoms with E-state index in [4.69, 9.17) is 0 Å². The second kappa shape index (κ2) is 8.04. The summed E-state index contributed by atoms with van der Waals surface area (Å²) < 4.78 is 0. The molecule has 0 saturated heterocycles. The Bertz CT molecular complexity index is 914. The van der Waals surface area contributed by atoms with E-state index in [1.54, 1.807) is 0 Å². The quantitative estimate of drug-likeness (QED) is 0.415. The number of aliphatic hydroxyl groups excluding tert-OH is 3. The largest absolute Gasteiger partial charge is 0.481 e. The van der Waals surface area contributed by atoms with E-state index in [-0.39, 0.29) is 40.6 Å². The Balaban J connectivity index is 1.58. The third kappa shape index (κ3) is 3.13. The van der Waals surface area contributed by atoms with E-state index in [0.717, 1.165) is 38.5 Å². The maximum atomic E-state index is 12.3. The number of aliphatic carboxylic acids is 1. The fourth-order valence-corrected chi connectivity index (χ4v) is 11.0. The fourth-order valence-electron chi connectivity index (χ4n) is 11.0. The Kier molecular flexibility index (Phi) is 5.91. The molecule has 5 aliphatic carbocycles. The molecule has 0 radical (unpaired) electrons. The molecule has 5 heteroatoms. The average Bonchev–Trinajstić information content (AvgIpc) is 2.79. The van der Waals surface area contributed by atoms with Gasteiger partial charge in [-0.1, -0.05) is 53.2 Å². The Morgan fingerprint density at radius 3 is 2.37 bits per heavy atom. The van der Waals surface area contributed by atoms with Crippen LogP contribution in [0.15, 0.2) is 11.6 Å². The summed E-state index contributed by atoms with van der Waals surface area (Å²) in [5.41, 5.74) is 0.723. The van der Waals surface area contributed by atoms with Gasteiger partial charge in [0.1, 0.15) is 0 Å². The first-order valence-electron chi connectivity index (χ1n) is 14.2. The first-order chi connectivity index (χ1) is 16.3. The molecule has 4 saturated carbocycles. The topological polar surface area (TPSA) is 98.0 Å². The number of allylic oxidation sites excluding steroid dienone is 2. The molecule has 0 spiro atoms. The molecule has 13 atom stereocenters. The highest BCUT2D eigenvalue weighted by atomic mass is 16.4. The molecule has 0 aliphatic heterocycles.